The van der Waals surface area contributed by atoms with Gasteiger partial charge in [0.1, 0.15) is 17.4 Å². The lowest BCUT2D eigenvalue weighted by Gasteiger charge is -2.10. The largest absolute Gasteiger partial charge is 0.492 e. The van der Waals surface area contributed by atoms with Gasteiger partial charge in [-0.1, -0.05) is 53.6 Å². The number of nitriles is 1. The van der Waals surface area contributed by atoms with E-state index in [1.54, 1.807) is 17.8 Å². The molecule has 4 nitrogen and oxygen atoms in total. The van der Waals surface area contributed by atoms with Crippen molar-refractivity contribution in [2.24, 2.45) is 0 Å². The van der Waals surface area contributed by atoms with Crippen molar-refractivity contribution in [1.29, 1.82) is 5.26 Å². The Kier molecular flexibility index (Phi) is 7.91. The summed E-state index contributed by atoms with van der Waals surface area (Å²) in [6.45, 7) is 4.56. The van der Waals surface area contributed by atoms with E-state index in [9.17, 15) is 10.1 Å². The maximum absolute atomic E-state index is 12.5. The molecular formula is C26H24N2O2S. The first-order chi connectivity index (χ1) is 15.0. The Morgan fingerprint density at radius 3 is 2.32 bits per heavy atom. The van der Waals surface area contributed by atoms with E-state index in [-0.39, 0.29) is 5.57 Å². The fourth-order valence-corrected chi connectivity index (χ4v) is 3.55. The summed E-state index contributed by atoms with van der Waals surface area (Å²) in [6, 6.07) is 25.2. The second kappa shape index (κ2) is 11.1. The van der Waals surface area contributed by atoms with Crippen molar-refractivity contribution in [3.8, 4) is 11.8 Å². The Labute approximate surface area is 187 Å². The average Bonchev–Trinajstić information content (AvgIpc) is 2.78. The molecule has 0 bridgehead atoms. The predicted molar refractivity (Wildman–Crippen MR) is 127 cm³/mol. The molecule has 0 aliphatic heterocycles. The van der Waals surface area contributed by atoms with Crippen molar-refractivity contribution in [3.05, 3.63) is 95.1 Å². The van der Waals surface area contributed by atoms with Crippen LogP contribution in [0.1, 0.15) is 16.7 Å². The van der Waals surface area contributed by atoms with E-state index < -0.39 is 5.91 Å². The first kappa shape index (κ1) is 22.2. The van der Waals surface area contributed by atoms with Gasteiger partial charge in [-0.25, -0.2) is 0 Å². The van der Waals surface area contributed by atoms with Gasteiger partial charge in [-0.05, 0) is 50.3 Å². The number of nitrogens with zero attached hydrogens (tertiary/aromatic N) is 1. The Balaban J connectivity index is 1.63. The fraction of sp³-hybridized carbons (Fsp3) is 0.154. The highest BCUT2D eigenvalue weighted by Crippen LogP contribution is 2.23. The second-order valence-corrected chi connectivity index (χ2v) is 8.21. The van der Waals surface area contributed by atoms with Gasteiger partial charge in [-0.3, -0.25) is 4.79 Å². The maximum atomic E-state index is 12.5. The molecule has 1 N–H and O–H groups in total. The van der Waals surface area contributed by atoms with Crippen molar-refractivity contribution in [1.82, 2.24) is 0 Å². The SMILES string of the molecule is Cc1ccc(NC(=O)/C(C#N)=C/c2ccccc2OCCSc2ccc(C)cc2)cc1. The number of rotatable bonds is 8. The molecule has 0 saturated carbocycles. The van der Waals surface area contributed by atoms with E-state index in [1.165, 1.54) is 10.5 Å². The third kappa shape index (κ3) is 6.77. The highest BCUT2D eigenvalue weighted by atomic mass is 32.2. The number of hydrogen-bond acceptors (Lipinski definition) is 4. The average molecular weight is 429 g/mol. The van der Waals surface area contributed by atoms with Gasteiger partial charge >= 0.3 is 0 Å². The topological polar surface area (TPSA) is 62.1 Å². The molecule has 0 atom stereocenters. The van der Waals surface area contributed by atoms with Crippen LogP contribution >= 0.6 is 11.8 Å². The number of aryl methyl sites for hydroxylation is 2. The molecule has 0 aromatic heterocycles. The molecule has 5 heteroatoms. The van der Waals surface area contributed by atoms with E-state index in [2.05, 4.69) is 36.5 Å². The van der Waals surface area contributed by atoms with E-state index in [0.717, 1.165) is 11.3 Å². The van der Waals surface area contributed by atoms with Gasteiger partial charge in [0.2, 0.25) is 0 Å². The number of ether oxygens (including phenoxy) is 1. The zero-order valence-electron chi connectivity index (χ0n) is 17.6. The van der Waals surface area contributed by atoms with Gasteiger partial charge < -0.3 is 10.1 Å². The first-order valence-electron chi connectivity index (χ1n) is 9.96. The van der Waals surface area contributed by atoms with Crippen molar-refractivity contribution in [2.75, 3.05) is 17.7 Å². The fourth-order valence-electron chi connectivity index (χ4n) is 2.82. The van der Waals surface area contributed by atoms with Crippen molar-refractivity contribution in [2.45, 2.75) is 18.7 Å². The number of amides is 1. The van der Waals surface area contributed by atoms with Crippen LogP contribution in [-0.2, 0) is 4.79 Å². The molecule has 3 aromatic carbocycles. The van der Waals surface area contributed by atoms with E-state index in [0.29, 0.717) is 23.6 Å². The van der Waals surface area contributed by atoms with Crippen LogP contribution in [0.25, 0.3) is 6.08 Å². The Bertz CT molecular complexity index is 1100. The lowest BCUT2D eigenvalue weighted by molar-refractivity contribution is -0.112. The van der Waals surface area contributed by atoms with Crippen LogP contribution in [0.3, 0.4) is 0 Å². The van der Waals surface area contributed by atoms with Crippen LogP contribution in [0, 0.1) is 25.2 Å². The molecule has 0 aliphatic carbocycles. The zero-order chi connectivity index (χ0) is 22.1. The summed E-state index contributed by atoms with van der Waals surface area (Å²) in [4.78, 5) is 13.7. The molecule has 0 spiro atoms. The number of hydrogen-bond donors (Lipinski definition) is 1. The quantitative estimate of drug-likeness (QED) is 0.206. The Morgan fingerprint density at radius 2 is 1.65 bits per heavy atom. The van der Waals surface area contributed by atoms with Crippen LogP contribution < -0.4 is 10.1 Å². The normalized spacial score (nSPS) is 10.9. The van der Waals surface area contributed by atoms with E-state index in [1.807, 2.05) is 61.5 Å². The number of para-hydroxylation sites is 1. The van der Waals surface area contributed by atoms with Crippen LogP contribution in [0.5, 0.6) is 5.75 Å². The molecule has 0 saturated heterocycles. The highest BCUT2D eigenvalue weighted by molar-refractivity contribution is 7.99. The molecule has 156 valence electrons. The van der Waals surface area contributed by atoms with Crippen molar-refractivity contribution in [3.63, 3.8) is 0 Å². The van der Waals surface area contributed by atoms with Gasteiger partial charge in [0.05, 0.1) is 6.61 Å². The molecule has 3 aromatic rings. The molecule has 0 fully saturated rings. The smallest absolute Gasteiger partial charge is 0.266 e. The molecular weight excluding hydrogens is 404 g/mol. The molecule has 0 radical (unpaired) electrons. The number of carbonyl (C=O) groups is 1. The van der Waals surface area contributed by atoms with Gasteiger partial charge in [0.15, 0.2) is 0 Å². The summed E-state index contributed by atoms with van der Waals surface area (Å²) >= 11 is 1.72. The van der Waals surface area contributed by atoms with Gasteiger partial charge in [0.25, 0.3) is 5.91 Å². The van der Waals surface area contributed by atoms with Gasteiger partial charge in [0, 0.05) is 21.9 Å². The van der Waals surface area contributed by atoms with Gasteiger partial charge in [-0.2, -0.15) is 5.26 Å². The summed E-state index contributed by atoms with van der Waals surface area (Å²) in [6.07, 6.45) is 1.56. The minimum Gasteiger partial charge on any atom is -0.492 e. The minimum absolute atomic E-state index is 0.0191. The molecule has 3 rings (SSSR count). The lowest BCUT2D eigenvalue weighted by Crippen LogP contribution is -2.13. The van der Waals surface area contributed by atoms with Crippen LogP contribution in [0.4, 0.5) is 5.69 Å². The number of anilines is 1. The minimum atomic E-state index is -0.448. The molecule has 0 heterocycles. The number of benzene rings is 3. The lowest BCUT2D eigenvalue weighted by atomic mass is 10.1. The summed E-state index contributed by atoms with van der Waals surface area (Å²) in [5, 5.41) is 12.3. The summed E-state index contributed by atoms with van der Waals surface area (Å²) in [7, 11) is 0. The molecule has 1 amide bonds. The van der Waals surface area contributed by atoms with E-state index in [4.69, 9.17) is 4.74 Å². The number of thioether (sulfide) groups is 1. The standard InChI is InChI=1S/C26H24N2O2S/c1-19-7-11-23(12-8-19)28-26(29)22(18-27)17-21-5-3-4-6-25(21)30-15-16-31-24-13-9-20(2)10-14-24/h3-14,17H,15-16H2,1-2H3,(H,28,29)/b22-17+. The first-order valence-corrected chi connectivity index (χ1v) is 10.9. The highest BCUT2D eigenvalue weighted by Gasteiger charge is 2.11. The van der Waals surface area contributed by atoms with Crippen molar-refractivity contribution >= 4 is 29.4 Å². The second-order valence-electron chi connectivity index (χ2n) is 7.04. The van der Waals surface area contributed by atoms with Crippen LogP contribution in [-0.4, -0.2) is 18.3 Å². The van der Waals surface area contributed by atoms with E-state index >= 15 is 0 Å². The van der Waals surface area contributed by atoms with Crippen LogP contribution in [0.2, 0.25) is 0 Å². The van der Waals surface area contributed by atoms with Crippen molar-refractivity contribution < 1.29 is 9.53 Å². The molecule has 0 unspecified atom stereocenters. The summed E-state index contributed by atoms with van der Waals surface area (Å²) in [5.41, 5.74) is 3.69. The van der Waals surface area contributed by atoms with Crippen LogP contribution in [0.15, 0.2) is 83.3 Å². The summed E-state index contributed by atoms with van der Waals surface area (Å²) < 4.78 is 5.93. The Hall–Kier alpha value is -3.49. The van der Waals surface area contributed by atoms with Gasteiger partial charge in [-0.15, -0.1) is 11.8 Å². The number of nitrogens with one attached hydrogen (secondary N) is 1. The predicted octanol–water partition coefficient (Wildman–Crippen LogP) is 6.02. The zero-order valence-corrected chi connectivity index (χ0v) is 18.4. The number of carbonyl (C=O) groups excluding carboxylic acids is 1. The maximum Gasteiger partial charge on any atom is 0.266 e. The third-order valence-electron chi connectivity index (χ3n) is 4.52. The third-order valence-corrected chi connectivity index (χ3v) is 5.50. The monoisotopic (exact) mass is 428 g/mol. The molecule has 0 aliphatic rings. The molecule has 31 heavy (non-hydrogen) atoms. The Morgan fingerprint density at radius 1 is 1.00 bits per heavy atom. The summed E-state index contributed by atoms with van der Waals surface area (Å²) in [5.74, 6) is 0.985.